The van der Waals surface area contributed by atoms with E-state index in [-0.39, 0.29) is 29.2 Å². The van der Waals surface area contributed by atoms with E-state index < -0.39 is 21.8 Å². The first-order chi connectivity index (χ1) is 11.1. The van der Waals surface area contributed by atoms with Crippen molar-refractivity contribution < 1.29 is 21.6 Å². The first-order valence-corrected chi connectivity index (χ1v) is 8.78. The van der Waals surface area contributed by atoms with Crippen molar-refractivity contribution in [2.24, 2.45) is 7.05 Å². The van der Waals surface area contributed by atoms with Crippen LogP contribution in [0, 0.1) is 6.92 Å². The Bertz CT molecular complexity index is 868. The Balaban J connectivity index is 2.18. The number of nitrogens with zero attached hydrogens (tertiary/aromatic N) is 3. The second kappa shape index (κ2) is 5.51. The molecule has 0 unspecified atom stereocenters. The summed E-state index contributed by atoms with van der Waals surface area (Å²) >= 11 is 0. The third kappa shape index (κ3) is 2.56. The number of anilines is 1. The summed E-state index contributed by atoms with van der Waals surface area (Å²) in [5.74, 6) is 0. The molecular weight excluding hydrogens is 343 g/mol. The van der Waals surface area contributed by atoms with E-state index in [0.717, 1.165) is 10.4 Å². The molecule has 2 aromatic rings. The van der Waals surface area contributed by atoms with Crippen molar-refractivity contribution in [3.63, 3.8) is 0 Å². The molecule has 24 heavy (non-hydrogen) atoms. The van der Waals surface area contributed by atoms with Gasteiger partial charge in [-0.2, -0.15) is 26.7 Å². The van der Waals surface area contributed by atoms with Crippen LogP contribution >= 0.6 is 0 Å². The smallest absolute Gasteiger partial charge is 0.265 e. The molecule has 0 aliphatic carbocycles. The Labute approximate surface area is 137 Å². The van der Waals surface area contributed by atoms with E-state index in [4.69, 9.17) is 0 Å². The van der Waals surface area contributed by atoms with Crippen LogP contribution in [0.5, 0.6) is 0 Å². The van der Waals surface area contributed by atoms with Crippen molar-refractivity contribution in [1.29, 1.82) is 0 Å². The number of alkyl halides is 3. The van der Waals surface area contributed by atoms with Gasteiger partial charge < -0.3 is 0 Å². The van der Waals surface area contributed by atoms with Crippen molar-refractivity contribution in [2.45, 2.75) is 31.0 Å². The summed E-state index contributed by atoms with van der Waals surface area (Å²) in [6, 6.07) is 3.66. The zero-order valence-electron chi connectivity index (χ0n) is 13.1. The molecule has 0 fully saturated rings. The number of hydrogen-bond donors (Lipinski definition) is 0. The van der Waals surface area contributed by atoms with Gasteiger partial charge in [0.1, 0.15) is 0 Å². The van der Waals surface area contributed by atoms with Gasteiger partial charge in [-0.15, -0.1) is 0 Å². The minimum Gasteiger partial charge on any atom is -0.265 e. The maximum absolute atomic E-state index is 13.2. The first kappa shape index (κ1) is 16.8. The number of aromatic nitrogens is 2. The van der Waals surface area contributed by atoms with Crippen molar-refractivity contribution in [1.82, 2.24) is 9.78 Å². The zero-order valence-corrected chi connectivity index (χ0v) is 13.9. The molecule has 0 spiro atoms. The van der Waals surface area contributed by atoms with Gasteiger partial charge in [-0.3, -0.25) is 8.99 Å². The quantitative estimate of drug-likeness (QED) is 0.829. The molecule has 5 nitrogen and oxygen atoms in total. The lowest BCUT2D eigenvalue weighted by molar-refractivity contribution is -0.138. The van der Waals surface area contributed by atoms with Crippen LogP contribution in [0.3, 0.4) is 0 Å². The minimum absolute atomic E-state index is 0.00670. The SMILES string of the molecule is Cc1cnn(C)c1S(=O)(=O)N1CCCc2c1cccc2C(F)(F)F. The predicted molar refractivity (Wildman–Crippen MR) is 82.2 cm³/mol. The second-order valence-corrected chi connectivity index (χ2v) is 7.52. The number of halogens is 3. The maximum atomic E-state index is 13.2. The van der Waals surface area contributed by atoms with Crippen LogP contribution in [0.2, 0.25) is 0 Å². The Kier molecular flexibility index (Phi) is 3.86. The van der Waals surface area contributed by atoms with Crippen LogP contribution < -0.4 is 4.31 Å². The van der Waals surface area contributed by atoms with E-state index in [9.17, 15) is 21.6 Å². The van der Waals surface area contributed by atoms with Crippen molar-refractivity contribution in [3.8, 4) is 0 Å². The Morgan fingerprint density at radius 1 is 1.25 bits per heavy atom. The second-order valence-electron chi connectivity index (χ2n) is 5.74. The molecule has 0 saturated carbocycles. The van der Waals surface area contributed by atoms with E-state index in [2.05, 4.69) is 5.10 Å². The zero-order chi connectivity index (χ0) is 17.7. The lowest BCUT2D eigenvalue weighted by Crippen LogP contribution is -2.37. The summed E-state index contributed by atoms with van der Waals surface area (Å²) in [5.41, 5.74) is -0.199. The molecule has 0 N–H and O–H groups in total. The number of rotatable bonds is 2. The fourth-order valence-corrected chi connectivity index (χ4v) is 4.97. The van der Waals surface area contributed by atoms with Gasteiger partial charge in [0.15, 0.2) is 5.03 Å². The molecular formula is C15H16F3N3O2S. The highest BCUT2D eigenvalue weighted by Crippen LogP contribution is 2.40. The van der Waals surface area contributed by atoms with Crippen molar-refractivity contribution in [2.75, 3.05) is 10.8 Å². The molecule has 0 atom stereocenters. The molecule has 1 aliphatic rings. The predicted octanol–water partition coefficient (Wildman–Crippen LogP) is 2.89. The molecule has 2 heterocycles. The number of fused-ring (bicyclic) bond motifs is 1. The molecule has 0 amide bonds. The third-order valence-electron chi connectivity index (χ3n) is 4.10. The fourth-order valence-electron chi connectivity index (χ4n) is 3.12. The van der Waals surface area contributed by atoms with Crippen LogP contribution in [0.4, 0.5) is 18.9 Å². The average Bonchev–Trinajstić information content (AvgIpc) is 2.84. The van der Waals surface area contributed by atoms with Crippen LogP contribution in [-0.4, -0.2) is 24.7 Å². The summed E-state index contributed by atoms with van der Waals surface area (Å²) in [4.78, 5) is 0. The van der Waals surface area contributed by atoms with Gasteiger partial charge in [0.05, 0.1) is 17.4 Å². The highest BCUT2D eigenvalue weighted by atomic mass is 32.2. The van der Waals surface area contributed by atoms with E-state index >= 15 is 0 Å². The van der Waals surface area contributed by atoms with Gasteiger partial charge in [0.25, 0.3) is 10.0 Å². The van der Waals surface area contributed by atoms with Gasteiger partial charge >= 0.3 is 6.18 Å². The summed E-state index contributed by atoms with van der Waals surface area (Å²) < 4.78 is 67.9. The number of hydrogen-bond acceptors (Lipinski definition) is 3. The standard InChI is InChI=1S/C15H16F3N3O2S/c1-10-9-19-20(2)14(10)24(22,23)21-8-4-5-11-12(15(16,17)18)6-3-7-13(11)21/h3,6-7,9H,4-5,8H2,1-2H3. The Morgan fingerprint density at radius 3 is 2.54 bits per heavy atom. The van der Waals surface area contributed by atoms with Gasteiger partial charge in [-0.25, -0.2) is 0 Å². The largest absolute Gasteiger partial charge is 0.416 e. The van der Waals surface area contributed by atoms with Crippen LogP contribution in [0.1, 0.15) is 23.1 Å². The van der Waals surface area contributed by atoms with Crippen molar-refractivity contribution >= 4 is 15.7 Å². The van der Waals surface area contributed by atoms with Gasteiger partial charge in [0.2, 0.25) is 0 Å². The molecule has 0 radical (unpaired) electrons. The number of aryl methyl sites for hydroxylation is 2. The van der Waals surface area contributed by atoms with E-state index in [0.29, 0.717) is 12.0 Å². The average molecular weight is 359 g/mol. The summed E-state index contributed by atoms with van der Waals surface area (Å²) in [6.07, 6.45) is -2.57. The molecule has 1 aliphatic heterocycles. The monoisotopic (exact) mass is 359 g/mol. The lowest BCUT2D eigenvalue weighted by atomic mass is 9.97. The summed E-state index contributed by atoms with van der Waals surface area (Å²) in [5, 5.41) is 3.91. The number of benzene rings is 1. The highest BCUT2D eigenvalue weighted by molar-refractivity contribution is 7.92. The third-order valence-corrected chi connectivity index (χ3v) is 6.14. The van der Waals surface area contributed by atoms with Crippen molar-refractivity contribution in [3.05, 3.63) is 41.1 Å². The Hall–Kier alpha value is -2.03. The van der Waals surface area contributed by atoms with E-state index in [1.165, 1.54) is 30.1 Å². The maximum Gasteiger partial charge on any atom is 0.416 e. The van der Waals surface area contributed by atoms with Crippen LogP contribution in [0.25, 0.3) is 0 Å². The van der Waals surface area contributed by atoms with E-state index in [1.54, 1.807) is 6.92 Å². The van der Waals surface area contributed by atoms with Gasteiger partial charge in [-0.05, 0) is 37.5 Å². The fraction of sp³-hybridized carbons (Fsp3) is 0.400. The summed E-state index contributed by atoms with van der Waals surface area (Å²) in [6.45, 7) is 1.75. The first-order valence-electron chi connectivity index (χ1n) is 7.34. The molecule has 0 bridgehead atoms. The van der Waals surface area contributed by atoms with Crippen LogP contribution in [-0.2, 0) is 29.7 Å². The summed E-state index contributed by atoms with van der Waals surface area (Å²) in [7, 11) is -2.49. The Morgan fingerprint density at radius 2 is 1.96 bits per heavy atom. The normalized spacial score (nSPS) is 15.5. The molecule has 3 rings (SSSR count). The van der Waals surface area contributed by atoms with E-state index in [1.807, 2.05) is 0 Å². The van der Waals surface area contributed by atoms with Gasteiger partial charge in [0, 0.05) is 19.2 Å². The molecule has 1 aromatic carbocycles. The van der Waals surface area contributed by atoms with Crippen LogP contribution in [0.15, 0.2) is 29.4 Å². The van der Waals surface area contributed by atoms with Gasteiger partial charge in [-0.1, -0.05) is 6.07 Å². The number of sulfonamides is 1. The molecule has 1 aromatic heterocycles. The molecule has 130 valence electrons. The highest BCUT2D eigenvalue weighted by Gasteiger charge is 2.39. The molecule has 9 heteroatoms. The minimum atomic E-state index is -4.51. The molecule has 0 saturated heterocycles. The topological polar surface area (TPSA) is 55.2 Å². The lowest BCUT2D eigenvalue weighted by Gasteiger charge is -2.32.